The van der Waals surface area contributed by atoms with Gasteiger partial charge in [-0.15, -0.1) is 17.7 Å². The van der Waals surface area contributed by atoms with Crippen molar-refractivity contribution in [2.45, 2.75) is 57.8 Å². The largest absolute Gasteiger partial charge is 0 e. The molecule has 0 aliphatic heterocycles. The Labute approximate surface area is 307 Å². The average molecular weight is 885 g/mol. The Morgan fingerprint density at radius 2 is 1.54 bits per heavy atom. The van der Waals surface area contributed by atoms with E-state index in [-0.39, 0.29) is 20.1 Å². The zero-order valence-electron chi connectivity index (χ0n) is 30.0. The van der Waals surface area contributed by atoms with Gasteiger partial charge in [0.05, 0.1) is 0 Å². The standard InChI is InChI=1S/C29H26NS.C14H16GeN.Ir/c1-17(2)21-12-13-30-25(16-21)22-10-11-24(27-19(4)14-18(3)15-20(27)5)28-23-8-6-7-9-26(23)31-29(22)28;1-15(2,3)13-9-10-14(16-11-13)12-7-5-4-6-8-12;/h6-9,11-17H,1-5H3;4-7,9-11H,1-3H3;/q2*-1;/i17D;;. The SMILES string of the molecule is [2H]C(C)(C)c1ccnc(-c2[c-]cc(-c3c(C)cc(C)cc3C)c3c2sc2ccccc23)c1.[CH3][Ge]([CH3])([CH3])[c]1ccc(-c2[c-]cccc2)nc1.[Ir]. The van der Waals surface area contributed by atoms with Crippen LogP contribution < -0.4 is 4.40 Å². The number of benzene rings is 4. The van der Waals surface area contributed by atoms with Gasteiger partial charge in [-0.05, 0) is 54.6 Å². The molecule has 0 fully saturated rings. The Balaban J connectivity index is 0.000000233. The second kappa shape index (κ2) is 15.0. The van der Waals surface area contributed by atoms with Crippen LogP contribution in [0.15, 0.2) is 103 Å². The smallest absolute Gasteiger partial charge is 0 e. The monoisotopic (exact) mass is 886 g/mol. The number of aromatic nitrogens is 2. The van der Waals surface area contributed by atoms with Crippen LogP contribution in [0.2, 0.25) is 17.3 Å². The first-order valence-corrected chi connectivity index (χ1v) is 24.3. The van der Waals surface area contributed by atoms with Crippen LogP contribution in [-0.4, -0.2) is 23.2 Å². The van der Waals surface area contributed by atoms with Crippen molar-refractivity contribution in [3.05, 3.63) is 138 Å². The molecule has 0 spiro atoms. The number of aryl methyl sites for hydroxylation is 3. The van der Waals surface area contributed by atoms with E-state index in [0.29, 0.717) is 0 Å². The predicted octanol–water partition coefficient (Wildman–Crippen LogP) is 11.7. The number of hydrogen-bond donors (Lipinski definition) is 0. The molecule has 0 unspecified atom stereocenters. The molecule has 48 heavy (non-hydrogen) atoms. The van der Waals surface area contributed by atoms with Crippen molar-refractivity contribution in [2.24, 2.45) is 0 Å². The van der Waals surface area contributed by atoms with E-state index in [4.69, 9.17) is 1.37 Å². The first-order chi connectivity index (χ1) is 22.8. The van der Waals surface area contributed by atoms with Crippen LogP contribution in [0, 0.1) is 32.9 Å². The number of thiophene rings is 1. The van der Waals surface area contributed by atoms with Crippen molar-refractivity contribution in [3.8, 4) is 33.6 Å². The molecule has 7 aromatic rings. The van der Waals surface area contributed by atoms with Gasteiger partial charge in [-0.3, -0.25) is 0 Å². The van der Waals surface area contributed by atoms with Crippen LogP contribution in [0.25, 0.3) is 53.8 Å². The molecule has 0 saturated carbocycles. The molecule has 3 heterocycles. The third-order valence-electron chi connectivity index (χ3n) is 8.61. The van der Waals surface area contributed by atoms with E-state index in [9.17, 15) is 0 Å². The van der Waals surface area contributed by atoms with Crippen molar-refractivity contribution in [1.29, 1.82) is 0 Å². The van der Waals surface area contributed by atoms with Crippen molar-refractivity contribution in [3.63, 3.8) is 0 Å². The molecular formula is C43H42GeIrN2S-2. The molecule has 0 bridgehead atoms. The summed E-state index contributed by atoms with van der Waals surface area (Å²) in [6.45, 7) is 10.4. The van der Waals surface area contributed by atoms with Gasteiger partial charge < -0.3 is 4.98 Å². The van der Waals surface area contributed by atoms with Crippen LogP contribution in [0.3, 0.4) is 0 Å². The quantitative estimate of drug-likeness (QED) is 0.127. The minimum Gasteiger partial charge on any atom is 0 e. The summed E-state index contributed by atoms with van der Waals surface area (Å²) in [6.07, 6.45) is 3.85. The maximum absolute atomic E-state index is 8.46. The Morgan fingerprint density at radius 3 is 2.19 bits per heavy atom. The number of rotatable bonds is 5. The molecule has 7 rings (SSSR count). The van der Waals surface area contributed by atoms with Crippen LogP contribution in [0.1, 0.15) is 43.4 Å². The fourth-order valence-electron chi connectivity index (χ4n) is 6.19. The molecule has 1 radical (unpaired) electrons. The van der Waals surface area contributed by atoms with Crippen LogP contribution in [0.4, 0.5) is 0 Å². The molecular weight excluding hydrogens is 841 g/mol. The van der Waals surface area contributed by atoms with Gasteiger partial charge in [-0.1, -0.05) is 89.0 Å². The van der Waals surface area contributed by atoms with Gasteiger partial charge in [0.2, 0.25) is 0 Å². The van der Waals surface area contributed by atoms with E-state index in [1.54, 1.807) is 11.3 Å². The van der Waals surface area contributed by atoms with E-state index >= 15 is 0 Å². The molecule has 245 valence electrons. The van der Waals surface area contributed by atoms with Gasteiger partial charge in [-0.25, -0.2) is 0 Å². The van der Waals surface area contributed by atoms with Gasteiger partial charge in [0, 0.05) is 32.4 Å². The Bertz CT molecular complexity index is 2210. The Hall–Kier alpha value is -3.41. The maximum atomic E-state index is 8.46. The molecule has 0 atom stereocenters. The molecule has 0 aliphatic carbocycles. The zero-order chi connectivity index (χ0) is 34.2. The zero-order valence-corrected chi connectivity index (χ0v) is 34.3. The normalized spacial score (nSPS) is 11.9. The summed E-state index contributed by atoms with van der Waals surface area (Å²) in [5.74, 6) is 6.47. The Morgan fingerprint density at radius 1 is 0.812 bits per heavy atom. The topological polar surface area (TPSA) is 25.8 Å². The number of pyridine rings is 2. The molecule has 0 N–H and O–H groups in total. The number of hydrogen-bond acceptors (Lipinski definition) is 3. The average Bonchev–Trinajstić information content (AvgIpc) is 3.44. The first kappa shape index (κ1) is 34.5. The summed E-state index contributed by atoms with van der Waals surface area (Å²) >= 11 is 0.0862. The van der Waals surface area contributed by atoms with E-state index < -0.39 is 19.2 Å². The molecule has 5 heteroatoms. The summed E-state index contributed by atoms with van der Waals surface area (Å²) in [7, 11) is 0. The van der Waals surface area contributed by atoms with Crippen molar-refractivity contribution < 1.29 is 21.5 Å². The molecule has 0 saturated heterocycles. The van der Waals surface area contributed by atoms with Gasteiger partial charge >= 0.3 is 99.8 Å². The maximum Gasteiger partial charge on any atom is 0 e. The van der Waals surface area contributed by atoms with Gasteiger partial charge in [0.1, 0.15) is 0 Å². The van der Waals surface area contributed by atoms with Crippen LogP contribution >= 0.6 is 11.3 Å². The summed E-state index contributed by atoms with van der Waals surface area (Å²) in [6, 6.07) is 38.4. The van der Waals surface area contributed by atoms with E-state index in [1.165, 1.54) is 52.4 Å². The minimum absolute atomic E-state index is 0. The van der Waals surface area contributed by atoms with Crippen LogP contribution in [0.5, 0.6) is 0 Å². The summed E-state index contributed by atoms with van der Waals surface area (Å²) in [4.78, 5) is 9.22. The first-order valence-electron chi connectivity index (χ1n) is 16.7. The minimum atomic E-state index is -1.72. The fraction of sp³-hybridized carbons (Fsp3) is 0.209. The van der Waals surface area contributed by atoms with E-state index in [2.05, 4.69) is 115 Å². The second-order valence-electron chi connectivity index (χ2n) is 13.5. The number of fused-ring (bicyclic) bond motifs is 3. The molecule has 3 aromatic heterocycles. The van der Waals surface area contributed by atoms with Crippen molar-refractivity contribution in [1.82, 2.24) is 9.97 Å². The molecule has 0 aliphatic rings. The second-order valence-corrected chi connectivity index (χ2v) is 25.2. The van der Waals surface area contributed by atoms with E-state index in [1.807, 2.05) is 62.6 Å². The van der Waals surface area contributed by atoms with E-state index in [0.717, 1.165) is 28.1 Å². The molecule has 2 nitrogen and oxygen atoms in total. The van der Waals surface area contributed by atoms with Gasteiger partial charge in [-0.2, -0.15) is 11.3 Å². The summed E-state index contributed by atoms with van der Waals surface area (Å²) in [5, 5.41) is 2.54. The third-order valence-corrected chi connectivity index (χ3v) is 14.0. The van der Waals surface area contributed by atoms with Crippen LogP contribution in [-0.2, 0) is 20.1 Å². The Kier molecular flexibility index (Phi) is 10.8. The molecule has 4 aromatic carbocycles. The van der Waals surface area contributed by atoms with Gasteiger partial charge in [0.25, 0.3) is 0 Å². The number of nitrogens with zero attached hydrogens (tertiary/aromatic N) is 2. The van der Waals surface area contributed by atoms with Crippen molar-refractivity contribution >= 4 is 49.2 Å². The molecule has 0 amide bonds. The predicted molar refractivity (Wildman–Crippen MR) is 207 cm³/mol. The van der Waals surface area contributed by atoms with Gasteiger partial charge in [0.15, 0.2) is 0 Å². The van der Waals surface area contributed by atoms with Crippen molar-refractivity contribution in [2.75, 3.05) is 0 Å². The third kappa shape index (κ3) is 7.58. The summed E-state index contributed by atoms with van der Waals surface area (Å²) < 4.78 is 12.4. The summed E-state index contributed by atoms with van der Waals surface area (Å²) in [5.41, 5.74) is 11.3. The fourth-order valence-corrected chi connectivity index (χ4v) is 9.60.